The summed E-state index contributed by atoms with van der Waals surface area (Å²) in [5.74, 6) is 0. The number of ether oxygens (including phenoxy) is 1. The van der Waals surface area contributed by atoms with Gasteiger partial charge in [0.05, 0.1) is 6.10 Å². The molecule has 2 amide bonds. The van der Waals surface area contributed by atoms with E-state index in [9.17, 15) is 9.00 Å². The third-order valence-electron chi connectivity index (χ3n) is 3.69. The van der Waals surface area contributed by atoms with Crippen LogP contribution in [0.5, 0.6) is 0 Å². The molecular formula is C16H24N2O3S. The van der Waals surface area contributed by atoms with Gasteiger partial charge >= 0.3 is 6.03 Å². The minimum atomic E-state index is -1.05. The first-order valence-corrected chi connectivity index (χ1v) is 9.31. The monoisotopic (exact) mass is 324 g/mol. The van der Waals surface area contributed by atoms with Crippen molar-refractivity contribution >= 4 is 22.5 Å². The number of urea groups is 1. The van der Waals surface area contributed by atoms with E-state index < -0.39 is 10.8 Å². The minimum Gasteiger partial charge on any atom is -0.378 e. The predicted molar refractivity (Wildman–Crippen MR) is 88.6 cm³/mol. The Morgan fingerprint density at radius 2 is 2.27 bits per heavy atom. The lowest BCUT2D eigenvalue weighted by Gasteiger charge is -2.22. The Labute approximate surface area is 134 Å². The molecule has 122 valence electrons. The highest BCUT2D eigenvalue weighted by Gasteiger charge is 2.13. The van der Waals surface area contributed by atoms with Crippen molar-refractivity contribution in [3.8, 4) is 0 Å². The van der Waals surface area contributed by atoms with E-state index in [1.807, 2.05) is 0 Å². The molecule has 1 heterocycles. The zero-order chi connectivity index (χ0) is 15.8. The third kappa shape index (κ3) is 5.77. The van der Waals surface area contributed by atoms with Gasteiger partial charge in [0.15, 0.2) is 0 Å². The van der Waals surface area contributed by atoms with Crippen LogP contribution in [0.2, 0.25) is 0 Å². The molecule has 0 unspecified atom stereocenters. The van der Waals surface area contributed by atoms with Gasteiger partial charge in [0.1, 0.15) is 0 Å². The third-order valence-corrected chi connectivity index (χ3v) is 4.60. The van der Waals surface area contributed by atoms with Gasteiger partial charge in [-0.25, -0.2) is 4.79 Å². The van der Waals surface area contributed by atoms with Gasteiger partial charge in [-0.05, 0) is 50.3 Å². The lowest BCUT2D eigenvalue weighted by Crippen LogP contribution is -2.30. The van der Waals surface area contributed by atoms with Crippen molar-refractivity contribution in [2.45, 2.75) is 43.1 Å². The van der Waals surface area contributed by atoms with E-state index in [0.717, 1.165) is 25.9 Å². The van der Waals surface area contributed by atoms with Gasteiger partial charge in [-0.2, -0.15) is 0 Å². The van der Waals surface area contributed by atoms with Crippen molar-refractivity contribution in [1.82, 2.24) is 5.32 Å². The highest BCUT2D eigenvalue weighted by atomic mass is 32.2. The maximum atomic E-state index is 11.8. The molecule has 1 aromatic rings. The molecule has 6 heteroatoms. The summed E-state index contributed by atoms with van der Waals surface area (Å²) in [5.41, 5.74) is 0.654. The predicted octanol–water partition coefficient (Wildman–Crippen LogP) is 2.89. The summed E-state index contributed by atoms with van der Waals surface area (Å²) < 4.78 is 17.1. The van der Waals surface area contributed by atoms with E-state index in [2.05, 4.69) is 10.6 Å². The largest absolute Gasteiger partial charge is 0.378 e. The van der Waals surface area contributed by atoms with Gasteiger partial charge in [0.25, 0.3) is 0 Å². The van der Waals surface area contributed by atoms with Crippen LogP contribution in [-0.2, 0) is 15.5 Å². The molecule has 22 heavy (non-hydrogen) atoms. The number of rotatable bonds is 6. The molecule has 0 spiro atoms. The van der Waals surface area contributed by atoms with Crippen LogP contribution in [-0.4, -0.2) is 35.8 Å². The zero-order valence-electron chi connectivity index (χ0n) is 13.0. The molecule has 0 radical (unpaired) electrons. The maximum Gasteiger partial charge on any atom is 0.319 e. The smallest absolute Gasteiger partial charge is 0.319 e. The Hall–Kier alpha value is -1.40. The number of nitrogens with one attached hydrogen (secondary N) is 2. The summed E-state index contributed by atoms with van der Waals surface area (Å²) in [6.07, 6.45) is 7.42. The Kier molecular flexibility index (Phi) is 6.86. The SMILES string of the molecule is C[S@](=O)c1cccc(NC(=O)NCCC[C@H]2CCCCO2)c1. The molecule has 2 rings (SSSR count). The van der Waals surface area contributed by atoms with Gasteiger partial charge < -0.3 is 15.4 Å². The van der Waals surface area contributed by atoms with Crippen LogP contribution < -0.4 is 10.6 Å². The Balaban J connectivity index is 1.67. The first kappa shape index (κ1) is 17.0. The Bertz CT molecular complexity index is 516. The van der Waals surface area contributed by atoms with E-state index in [1.165, 1.54) is 12.8 Å². The molecule has 1 fully saturated rings. The number of benzene rings is 1. The standard InChI is InChI=1S/C16H24N2O3S/c1-22(20)15-9-4-6-13(12-15)18-16(19)17-10-5-8-14-7-2-3-11-21-14/h4,6,9,12,14H,2-3,5,7-8,10-11H2,1H3,(H2,17,18,19)/t14-,22+/m1/s1. The Morgan fingerprint density at radius 3 is 3.00 bits per heavy atom. The molecule has 1 aromatic carbocycles. The van der Waals surface area contributed by atoms with Crippen molar-refractivity contribution in [2.24, 2.45) is 0 Å². The average molecular weight is 324 g/mol. The molecule has 0 aromatic heterocycles. The van der Waals surface area contributed by atoms with Crippen molar-refractivity contribution in [3.63, 3.8) is 0 Å². The van der Waals surface area contributed by atoms with E-state index in [4.69, 9.17) is 4.74 Å². The van der Waals surface area contributed by atoms with E-state index in [-0.39, 0.29) is 6.03 Å². The van der Waals surface area contributed by atoms with Crippen LogP contribution in [0.25, 0.3) is 0 Å². The Morgan fingerprint density at radius 1 is 1.41 bits per heavy atom. The maximum absolute atomic E-state index is 11.8. The normalized spacial score (nSPS) is 19.4. The fraction of sp³-hybridized carbons (Fsp3) is 0.562. The molecule has 0 saturated carbocycles. The van der Waals surface area contributed by atoms with E-state index in [1.54, 1.807) is 30.5 Å². The van der Waals surface area contributed by atoms with Crippen LogP contribution in [0, 0.1) is 0 Å². The summed E-state index contributed by atoms with van der Waals surface area (Å²) in [7, 11) is -1.05. The summed E-state index contributed by atoms with van der Waals surface area (Å²) in [4.78, 5) is 12.5. The van der Waals surface area contributed by atoms with E-state index >= 15 is 0 Å². The number of hydrogen-bond acceptors (Lipinski definition) is 3. The molecule has 0 aliphatic carbocycles. The fourth-order valence-corrected chi connectivity index (χ4v) is 3.06. The average Bonchev–Trinajstić information content (AvgIpc) is 2.53. The first-order chi connectivity index (χ1) is 10.6. The van der Waals surface area contributed by atoms with Gasteiger partial charge in [-0.15, -0.1) is 0 Å². The number of anilines is 1. The molecule has 2 N–H and O–H groups in total. The second kappa shape index (κ2) is 8.90. The zero-order valence-corrected chi connectivity index (χ0v) is 13.8. The van der Waals surface area contributed by atoms with Gasteiger partial charge in [-0.3, -0.25) is 4.21 Å². The summed E-state index contributed by atoms with van der Waals surface area (Å²) >= 11 is 0. The molecule has 1 saturated heterocycles. The van der Waals surface area contributed by atoms with Crippen molar-refractivity contribution in [1.29, 1.82) is 0 Å². The summed E-state index contributed by atoms with van der Waals surface area (Å²) in [6.45, 7) is 1.50. The number of amides is 2. The number of hydrogen-bond donors (Lipinski definition) is 2. The molecule has 1 aliphatic rings. The minimum absolute atomic E-state index is 0.233. The lowest BCUT2D eigenvalue weighted by atomic mass is 10.0. The van der Waals surface area contributed by atoms with Crippen LogP contribution in [0.4, 0.5) is 10.5 Å². The van der Waals surface area contributed by atoms with Crippen LogP contribution in [0.3, 0.4) is 0 Å². The topological polar surface area (TPSA) is 67.4 Å². The van der Waals surface area contributed by atoms with Crippen molar-refractivity contribution in [3.05, 3.63) is 24.3 Å². The van der Waals surface area contributed by atoms with Crippen LogP contribution in [0.1, 0.15) is 32.1 Å². The number of carbonyl (C=O) groups is 1. The molecule has 5 nitrogen and oxygen atoms in total. The summed E-state index contributed by atoms with van der Waals surface area (Å²) in [5, 5.41) is 5.60. The first-order valence-electron chi connectivity index (χ1n) is 7.75. The molecular weight excluding hydrogens is 300 g/mol. The molecule has 2 atom stereocenters. The lowest BCUT2D eigenvalue weighted by molar-refractivity contribution is 0.0103. The van der Waals surface area contributed by atoms with Crippen LogP contribution in [0.15, 0.2) is 29.2 Å². The number of carbonyl (C=O) groups excluding carboxylic acids is 1. The van der Waals surface area contributed by atoms with Crippen molar-refractivity contribution < 1.29 is 13.7 Å². The van der Waals surface area contributed by atoms with Gasteiger partial charge in [0.2, 0.25) is 0 Å². The second-order valence-electron chi connectivity index (χ2n) is 5.49. The highest BCUT2D eigenvalue weighted by Crippen LogP contribution is 2.16. The van der Waals surface area contributed by atoms with Gasteiger partial charge in [0, 0.05) is 40.8 Å². The van der Waals surface area contributed by atoms with Crippen LogP contribution >= 0.6 is 0 Å². The quantitative estimate of drug-likeness (QED) is 0.791. The van der Waals surface area contributed by atoms with Gasteiger partial charge in [-0.1, -0.05) is 6.07 Å². The summed E-state index contributed by atoms with van der Waals surface area (Å²) in [6, 6.07) is 6.84. The molecule has 0 bridgehead atoms. The van der Waals surface area contributed by atoms with Crippen molar-refractivity contribution in [2.75, 3.05) is 24.7 Å². The van der Waals surface area contributed by atoms with E-state index in [0.29, 0.717) is 23.2 Å². The highest BCUT2D eigenvalue weighted by molar-refractivity contribution is 7.84. The molecule has 1 aliphatic heterocycles. The second-order valence-corrected chi connectivity index (χ2v) is 6.87. The fourth-order valence-electron chi connectivity index (χ4n) is 2.49.